The summed E-state index contributed by atoms with van der Waals surface area (Å²) in [5.74, 6) is 0.423. The molecule has 0 saturated heterocycles. The average molecular weight is 212 g/mol. The van der Waals surface area contributed by atoms with Gasteiger partial charge in [0.1, 0.15) is 0 Å². The van der Waals surface area contributed by atoms with Crippen molar-refractivity contribution in [2.45, 2.75) is 40.5 Å². The van der Waals surface area contributed by atoms with E-state index in [4.69, 9.17) is 17.3 Å². The largest absolute Gasteiger partial charge is 0.398 e. The van der Waals surface area contributed by atoms with Crippen molar-refractivity contribution >= 4 is 17.3 Å². The second-order valence-corrected chi connectivity index (χ2v) is 4.55. The van der Waals surface area contributed by atoms with Crippen molar-refractivity contribution in [1.29, 1.82) is 0 Å². The first kappa shape index (κ1) is 11.4. The molecule has 2 heteroatoms. The molecule has 1 aromatic carbocycles. The fraction of sp³-hybridized carbons (Fsp3) is 0.500. The highest BCUT2D eigenvalue weighted by molar-refractivity contribution is 6.32. The van der Waals surface area contributed by atoms with E-state index < -0.39 is 0 Å². The van der Waals surface area contributed by atoms with E-state index in [1.54, 1.807) is 0 Å². The van der Waals surface area contributed by atoms with E-state index in [1.807, 2.05) is 20.8 Å². The van der Waals surface area contributed by atoms with Gasteiger partial charge < -0.3 is 5.73 Å². The van der Waals surface area contributed by atoms with Crippen molar-refractivity contribution in [3.8, 4) is 0 Å². The zero-order chi connectivity index (χ0) is 11.0. The molecule has 1 aromatic rings. The normalized spacial score (nSPS) is 11.1. The second kappa shape index (κ2) is 3.82. The molecule has 0 aliphatic rings. The van der Waals surface area contributed by atoms with Crippen LogP contribution in [0.3, 0.4) is 0 Å². The maximum absolute atomic E-state index is 6.25. The summed E-state index contributed by atoms with van der Waals surface area (Å²) in [6.07, 6.45) is 0. The van der Waals surface area contributed by atoms with Gasteiger partial charge in [0.2, 0.25) is 0 Å². The summed E-state index contributed by atoms with van der Waals surface area (Å²) in [5.41, 5.74) is 11.5. The molecule has 0 spiro atoms. The maximum atomic E-state index is 6.25. The average Bonchev–Trinajstić information content (AvgIpc) is 2.11. The molecule has 1 rings (SSSR count). The van der Waals surface area contributed by atoms with Gasteiger partial charge in [-0.3, -0.25) is 0 Å². The van der Waals surface area contributed by atoms with Gasteiger partial charge in [-0.15, -0.1) is 0 Å². The van der Waals surface area contributed by atoms with Crippen molar-refractivity contribution < 1.29 is 0 Å². The van der Waals surface area contributed by atoms with Crippen LogP contribution in [0, 0.1) is 20.8 Å². The number of hydrogen-bond acceptors (Lipinski definition) is 1. The van der Waals surface area contributed by atoms with Gasteiger partial charge in [0.05, 0.1) is 0 Å². The lowest BCUT2D eigenvalue weighted by Crippen LogP contribution is -2.05. The monoisotopic (exact) mass is 211 g/mol. The van der Waals surface area contributed by atoms with Gasteiger partial charge in [0.15, 0.2) is 0 Å². The molecule has 0 unspecified atom stereocenters. The highest BCUT2D eigenvalue weighted by Gasteiger charge is 2.15. The van der Waals surface area contributed by atoms with Crippen molar-refractivity contribution in [3.63, 3.8) is 0 Å². The minimum atomic E-state index is 0.423. The Morgan fingerprint density at radius 2 is 1.50 bits per heavy atom. The molecule has 0 aliphatic heterocycles. The van der Waals surface area contributed by atoms with Crippen molar-refractivity contribution in [2.24, 2.45) is 0 Å². The van der Waals surface area contributed by atoms with Crippen LogP contribution in [0.4, 0.5) is 5.69 Å². The van der Waals surface area contributed by atoms with Gasteiger partial charge in [0, 0.05) is 10.7 Å². The van der Waals surface area contributed by atoms with Gasteiger partial charge >= 0.3 is 0 Å². The highest BCUT2D eigenvalue weighted by atomic mass is 35.5. The Labute approximate surface area is 91.3 Å². The Morgan fingerprint density at radius 1 is 1.00 bits per heavy atom. The molecule has 0 saturated carbocycles. The summed E-state index contributed by atoms with van der Waals surface area (Å²) in [6, 6.07) is 0. The molecular weight excluding hydrogens is 194 g/mol. The number of hydrogen-bond donors (Lipinski definition) is 1. The van der Waals surface area contributed by atoms with Crippen molar-refractivity contribution in [3.05, 3.63) is 27.3 Å². The summed E-state index contributed by atoms with van der Waals surface area (Å²) < 4.78 is 0. The van der Waals surface area contributed by atoms with E-state index >= 15 is 0 Å². The minimum Gasteiger partial charge on any atom is -0.398 e. The second-order valence-electron chi connectivity index (χ2n) is 4.17. The van der Waals surface area contributed by atoms with E-state index in [1.165, 1.54) is 5.56 Å². The Morgan fingerprint density at radius 3 is 1.93 bits per heavy atom. The Kier molecular flexibility index (Phi) is 3.10. The number of nitrogens with two attached hydrogens (primary N) is 1. The molecule has 0 amide bonds. The lowest BCUT2D eigenvalue weighted by Gasteiger charge is -2.19. The van der Waals surface area contributed by atoms with Crippen molar-refractivity contribution in [2.75, 3.05) is 5.73 Å². The van der Waals surface area contributed by atoms with Crippen LogP contribution in [0.25, 0.3) is 0 Å². The van der Waals surface area contributed by atoms with Gasteiger partial charge in [-0.2, -0.15) is 0 Å². The number of nitrogen functional groups attached to an aromatic ring is 1. The third-order valence-electron chi connectivity index (χ3n) is 2.90. The molecule has 0 heterocycles. The van der Waals surface area contributed by atoms with Gasteiger partial charge in [-0.1, -0.05) is 25.4 Å². The third kappa shape index (κ3) is 1.61. The van der Waals surface area contributed by atoms with E-state index in [-0.39, 0.29) is 0 Å². The molecule has 0 bridgehead atoms. The molecule has 0 fully saturated rings. The van der Waals surface area contributed by atoms with Crippen molar-refractivity contribution in [1.82, 2.24) is 0 Å². The lowest BCUT2D eigenvalue weighted by atomic mass is 9.91. The lowest BCUT2D eigenvalue weighted by molar-refractivity contribution is 0.857. The quantitative estimate of drug-likeness (QED) is 0.699. The smallest absolute Gasteiger partial charge is 0.0471 e. The number of anilines is 1. The Hall–Kier alpha value is -0.690. The molecule has 2 N–H and O–H groups in total. The zero-order valence-corrected chi connectivity index (χ0v) is 10.3. The van der Waals surface area contributed by atoms with Gasteiger partial charge in [-0.05, 0) is 48.9 Å². The van der Waals surface area contributed by atoms with Crippen LogP contribution in [-0.2, 0) is 0 Å². The first-order valence-corrected chi connectivity index (χ1v) is 5.30. The molecular formula is C12H18ClN. The summed E-state index contributed by atoms with van der Waals surface area (Å²) in [6.45, 7) is 10.4. The SMILES string of the molecule is Cc1c(C)c(Cl)c(C)c(C(C)C)c1N. The van der Waals surface area contributed by atoms with E-state index in [2.05, 4.69) is 13.8 Å². The van der Waals surface area contributed by atoms with Crippen LogP contribution >= 0.6 is 11.6 Å². The molecule has 0 aromatic heterocycles. The Bertz CT molecular complexity index is 338. The molecule has 78 valence electrons. The van der Waals surface area contributed by atoms with E-state index in [0.29, 0.717) is 5.92 Å². The summed E-state index contributed by atoms with van der Waals surface area (Å²) in [4.78, 5) is 0. The van der Waals surface area contributed by atoms with E-state index in [0.717, 1.165) is 27.4 Å². The van der Waals surface area contributed by atoms with Gasteiger partial charge in [-0.25, -0.2) is 0 Å². The molecule has 0 radical (unpaired) electrons. The maximum Gasteiger partial charge on any atom is 0.0471 e. The molecule has 1 nitrogen and oxygen atoms in total. The van der Waals surface area contributed by atoms with Crippen LogP contribution in [0.5, 0.6) is 0 Å². The number of benzene rings is 1. The molecule has 14 heavy (non-hydrogen) atoms. The first-order valence-electron chi connectivity index (χ1n) is 4.92. The summed E-state index contributed by atoms with van der Waals surface area (Å²) in [7, 11) is 0. The predicted octanol–water partition coefficient (Wildman–Crippen LogP) is 3.97. The van der Waals surface area contributed by atoms with Gasteiger partial charge in [0.25, 0.3) is 0 Å². The third-order valence-corrected chi connectivity index (χ3v) is 3.46. The summed E-state index contributed by atoms with van der Waals surface area (Å²) in [5, 5.41) is 0.861. The van der Waals surface area contributed by atoms with Crippen LogP contribution in [0.1, 0.15) is 42.0 Å². The molecule has 0 aliphatic carbocycles. The standard InChI is InChI=1S/C12H18ClN/c1-6(2)10-9(5)11(13)7(3)8(4)12(10)14/h6H,14H2,1-5H3. The Balaban J connectivity index is 3.60. The highest BCUT2D eigenvalue weighted by Crippen LogP contribution is 2.36. The number of halogens is 1. The predicted molar refractivity (Wildman–Crippen MR) is 64.2 cm³/mol. The fourth-order valence-corrected chi connectivity index (χ4v) is 2.16. The van der Waals surface area contributed by atoms with Crippen LogP contribution in [0.2, 0.25) is 5.02 Å². The minimum absolute atomic E-state index is 0.423. The van der Waals surface area contributed by atoms with E-state index in [9.17, 15) is 0 Å². The zero-order valence-electron chi connectivity index (χ0n) is 9.53. The fourth-order valence-electron chi connectivity index (χ4n) is 1.91. The van der Waals surface area contributed by atoms with Crippen LogP contribution in [0.15, 0.2) is 0 Å². The topological polar surface area (TPSA) is 26.0 Å². The summed E-state index contributed by atoms with van der Waals surface area (Å²) >= 11 is 6.25. The van der Waals surface area contributed by atoms with Crippen LogP contribution in [-0.4, -0.2) is 0 Å². The molecule has 0 atom stereocenters. The first-order chi connectivity index (χ1) is 6.37. The number of rotatable bonds is 1. The van der Waals surface area contributed by atoms with Crippen LogP contribution < -0.4 is 5.73 Å².